The van der Waals surface area contributed by atoms with Gasteiger partial charge in [-0.25, -0.2) is 0 Å². The molecule has 0 aliphatic rings. The summed E-state index contributed by atoms with van der Waals surface area (Å²) in [6.07, 6.45) is 0.410. The molecule has 0 spiro atoms. The number of hydrogen-bond acceptors (Lipinski definition) is 4. The summed E-state index contributed by atoms with van der Waals surface area (Å²) in [5, 5.41) is 2.69. The number of rotatable bonds is 5. The third kappa shape index (κ3) is 4.55. The molecule has 0 radical (unpaired) electrons. The molecule has 0 saturated carbocycles. The van der Waals surface area contributed by atoms with Crippen molar-refractivity contribution in [2.24, 2.45) is 0 Å². The summed E-state index contributed by atoms with van der Waals surface area (Å²) in [5.41, 5.74) is 7.43. The van der Waals surface area contributed by atoms with Crippen LogP contribution in [0.5, 0.6) is 0 Å². The third-order valence-electron chi connectivity index (χ3n) is 2.84. The van der Waals surface area contributed by atoms with Crippen LogP contribution in [0.3, 0.4) is 0 Å². The molecule has 2 amide bonds. The second-order valence-electron chi connectivity index (χ2n) is 4.96. The third-order valence-corrected chi connectivity index (χ3v) is 2.84. The number of nitrogens with zero attached hydrogens (tertiary/aromatic N) is 2. The maximum absolute atomic E-state index is 12.1. The fourth-order valence-corrected chi connectivity index (χ4v) is 1.76. The number of nitrogen functional groups attached to an aromatic ring is 1. The SMILES string of the molecule is CC(=O)Nc1cc(N)ccc1N(C)C(=O)CCN(C)C. The van der Waals surface area contributed by atoms with E-state index in [-0.39, 0.29) is 11.8 Å². The minimum absolute atomic E-state index is 0.0185. The first-order chi connectivity index (χ1) is 9.31. The summed E-state index contributed by atoms with van der Waals surface area (Å²) in [6.45, 7) is 2.09. The standard InChI is InChI=1S/C14H22N4O2/c1-10(19)16-12-9-11(15)5-6-13(12)18(4)14(20)7-8-17(2)3/h5-6,9H,7-8,15H2,1-4H3,(H,16,19). The van der Waals surface area contributed by atoms with Crippen molar-refractivity contribution >= 4 is 28.9 Å². The van der Waals surface area contributed by atoms with E-state index in [1.807, 2.05) is 19.0 Å². The van der Waals surface area contributed by atoms with E-state index in [1.165, 1.54) is 11.8 Å². The molecule has 0 saturated heterocycles. The van der Waals surface area contributed by atoms with Crippen LogP contribution < -0.4 is 16.0 Å². The number of hydrogen-bond donors (Lipinski definition) is 2. The molecule has 6 heteroatoms. The second kappa shape index (κ2) is 6.91. The van der Waals surface area contributed by atoms with E-state index in [9.17, 15) is 9.59 Å². The monoisotopic (exact) mass is 278 g/mol. The Labute approximate surface area is 119 Å². The topological polar surface area (TPSA) is 78.7 Å². The van der Waals surface area contributed by atoms with E-state index in [0.717, 1.165) is 0 Å². The number of nitrogens with one attached hydrogen (secondary N) is 1. The summed E-state index contributed by atoms with van der Waals surface area (Å²) >= 11 is 0. The van der Waals surface area contributed by atoms with Crippen LogP contribution in [-0.2, 0) is 9.59 Å². The maximum atomic E-state index is 12.1. The van der Waals surface area contributed by atoms with Crippen molar-refractivity contribution in [3.63, 3.8) is 0 Å². The molecular weight excluding hydrogens is 256 g/mol. The minimum Gasteiger partial charge on any atom is -0.399 e. The van der Waals surface area contributed by atoms with Gasteiger partial charge in [-0.05, 0) is 32.3 Å². The average molecular weight is 278 g/mol. The number of nitrogens with two attached hydrogens (primary N) is 1. The van der Waals surface area contributed by atoms with Gasteiger partial charge in [0.1, 0.15) is 0 Å². The zero-order valence-corrected chi connectivity index (χ0v) is 12.4. The highest BCUT2D eigenvalue weighted by Crippen LogP contribution is 2.27. The predicted molar refractivity (Wildman–Crippen MR) is 81.7 cm³/mol. The van der Waals surface area contributed by atoms with E-state index in [4.69, 9.17) is 5.73 Å². The van der Waals surface area contributed by atoms with Gasteiger partial charge in [-0.2, -0.15) is 0 Å². The fraction of sp³-hybridized carbons (Fsp3) is 0.429. The van der Waals surface area contributed by atoms with Crippen LogP contribution in [0.1, 0.15) is 13.3 Å². The van der Waals surface area contributed by atoms with Gasteiger partial charge in [-0.3, -0.25) is 9.59 Å². The lowest BCUT2D eigenvalue weighted by atomic mass is 10.2. The number of carbonyl (C=O) groups is 2. The molecule has 0 heterocycles. The lowest BCUT2D eigenvalue weighted by molar-refractivity contribution is -0.118. The van der Waals surface area contributed by atoms with Crippen LogP contribution in [0.15, 0.2) is 18.2 Å². The number of benzene rings is 1. The summed E-state index contributed by atoms with van der Waals surface area (Å²) in [5.74, 6) is -0.221. The van der Waals surface area contributed by atoms with Gasteiger partial charge in [0.25, 0.3) is 0 Å². The summed E-state index contributed by atoms with van der Waals surface area (Å²) < 4.78 is 0. The first-order valence-electron chi connectivity index (χ1n) is 6.39. The van der Waals surface area contributed by atoms with Gasteiger partial charge in [-0.1, -0.05) is 0 Å². The van der Waals surface area contributed by atoms with Crippen molar-refractivity contribution in [1.29, 1.82) is 0 Å². The van der Waals surface area contributed by atoms with Gasteiger partial charge in [0.05, 0.1) is 11.4 Å². The van der Waals surface area contributed by atoms with Gasteiger partial charge in [-0.15, -0.1) is 0 Å². The molecule has 110 valence electrons. The molecule has 3 N–H and O–H groups in total. The lowest BCUT2D eigenvalue weighted by Crippen LogP contribution is -2.30. The molecule has 1 aromatic carbocycles. The van der Waals surface area contributed by atoms with Crippen LogP contribution in [0.4, 0.5) is 17.1 Å². The van der Waals surface area contributed by atoms with Crippen molar-refractivity contribution in [3.05, 3.63) is 18.2 Å². The molecule has 0 bridgehead atoms. The van der Waals surface area contributed by atoms with Crippen molar-refractivity contribution in [3.8, 4) is 0 Å². The van der Waals surface area contributed by atoms with Gasteiger partial charge >= 0.3 is 0 Å². The van der Waals surface area contributed by atoms with E-state index < -0.39 is 0 Å². The van der Waals surface area contributed by atoms with Crippen molar-refractivity contribution in [2.75, 3.05) is 43.6 Å². The smallest absolute Gasteiger partial charge is 0.228 e. The molecule has 1 aromatic rings. The quantitative estimate of drug-likeness (QED) is 0.792. The van der Waals surface area contributed by atoms with Crippen LogP contribution in [0, 0.1) is 0 Å². The normalized spacial score (nSPS) is 10.4. The lowest BCUT2D eigenvalue weighted by Gasteiger charge is -2.22. The Balaban J connectivity index is 2.93. The highest BCUT2D eigenvalue weighted by molar-refractivity contribution is 6.00. The van der Waals surface area contributed by atoms with Crippen molar-refractivity contribution in [1.82, 2.24) is 4.90 Å². The highest BCUT2D eigenvalue weighted by Gasteiger charge is 2.15. The predicted octanol–water partition coefficient (Wildman–Crippen LogP) is 1.14. The number of carbonyl (C=O) groups excluding carboxylic acids is 2. The Morgan fingerprint density at radius 1 is 1.25 bits per heavy atom. The highest BCUT2D eigenvalue weighted by atomic mass is 16.2. The molecule has 0 aliphatic heterocycles. The largest absolute Gasteiger partial charge is 0.399 e. The zero-order valence-electron chi connectivity index (χ0n) is 12.4. The van der Waals surface area contributed by atoms with Crippen LogP contribution in [0.2, 0.25) is 0 Å². The van der Waals surface area contributed by atoms with E-state index in [1.54, 1.807) is 25.2 Å². The molecule has 20 heavy (non-hydrogen) atoms. The number of anilines is 3. The van der Waals surface area contributed by atoms with Crippen molar-refractivity contribution < 1.29 is 9.59 Å². The first kappa shape index (κ1) is 16.0. The first-order valence-corrected chi connectivity index (χ1v) is 6.39. The Morgan fingerprint density at radius 3 is 2.45 bits per heavy atom. The van der Waals surface area contributed by atoms with Crippen LogP contribution in [-0.4, -0.2) is 44.4 Å². The Morgan fingerprint density at radius 2 is 1.90 bits per heavy atom. The van der Waals surface area contributed by atoms with Gasteiger partial charge in [0, 0.05) is 32.6 Å². The fourth-order valence-electron chi connectivity index (χ4n) is 1.76. The van der Waals surface area contributed by atoms with E-state index in [0.29, 0.717) is 30.0 Å². The minimum atomic E-state index is -0.203. The molecular formula is C14H22N4O2. The van der Waals surface area contributed by atoms with E-state index >= 15 is 0 Å². The van der Waals surface area contributed by atoms with E-state index in [2.05, 4.69) is 5.32 Å². The average Bonchev–Trinajstić information content (AvgIpc) is 2.34. The Bertz CT molecular complexity index is 500. The Kier molecular flexibility index (Phi) is 5.52. The molecule has 0 atom stereocenters. The molecule has 0 unspecified atom stereocenters. The zero-order chi connectivity index (χ0) is 15.3. The summed E-state index contributed by atoms with van der Waals surface area (Å²) in [4.78, 5) is 26.8. The molecule has 0 aromatic heterocycles. The Hall–Kier alpha value is -2.08. The van der Waals surface area contributed by atoms with Gasteiger partial charge in [0.2, 0.25) is 11.8 Å². The summed E-state index contributed by atoms with van der Waals surface area (Å²) in [7, 11) is 5.52. The van der Waals surface area contributed by atoms with Crippen molar-refractivity contribution in [2.45, 2.75) is 13.3 Å². The maximum Gasteiger partial charge on any atom is 0.228 e. The molecule has 0 aliphatic carbocycles. The summed E-state index contributed by atoms with van der Waals surface area (Å²) in [6, 6.07) is 5.08. The molecule has 1 rings (SSSR count). The number of amides is 2. The molecule has 0 fully saturated rings. The molecule has 6 nitrogen and oxygen atoms in total. The van der Waals surface area contributed by atoms with Gasteiger partial charge < -0.3 is 20.9 Å². The van der Waals surface area contributed by atoms with Crippen LogP contribution in [0.25, 0.3) is 0 Å². The second-order valence-corrected chi connectivity index (χ2v) is 4.96. The van der Waals surface area contributed by atoms with Crippen LogP contribution >= 0.6 is 0 Å². The van der Waals surface area contributed by atoms with Gasteiger partial charge in [0.15, 0.2) is 0 Å².